The molecule has 8 heteroatoms. The van der Waals surface area contributed by atoms with Crippen molar-refractivity contribution < 1.29 is 4.79 Å². The van der Waals surface area contributed by atoms with Crippen LogP contribution in [0, 0.1) is 6.92 Å². The number of pyridine rings is 1. The Morgan fingerprint density at radius 2 is 2.07 bits per heavy atom. The van der Waals surface area contributed by atoms with Gasteiger partial charge in [0.1, 0.15) is 5.82 Å². The summed E-state index contributed by atoms with van der Waals surface area (Å²) in [6, 6.07) is 11.6. The summed E-state index contributed by atoms with van der Waals surface area (Å²) in [5.74, 6) is 0.644. The van der Waals surface area contributed by atoms with Crippen LogP contribution in [0.2, 0.25) is 0 Å². The molecule has 0 saturated heterocycles. The van der Waals surface area contributed by atoms with E-state index in [0.29, 0.717) is 23.9 Å². The number of carbonyl (C=O) groups excluding carboxylic acids is 1. The van der Waals surface area contributed by atoms with E-state index in [0.717, 1.165) is 22.1 Å². The van der Waals surface area contributed by atoms with E-state index >= 15 is 0 Å². The van der Waals surface area contributed by atoms with Crippen molar-refractivity contribution in [3.05, 3.63) is 60.2 Å². The Hall–Kier alpha value is -3.00. The molecule has 3 heterocycles. The monoisotopic (exact) mass is 392 g/mol. The van der Waals surface area contributed by atoms with Gasteiger partial charge in [-0.15, -0.1) is 5.10 Å². The third-order valence-electron chi connectivity index (χ3n) is 4.36. The molecule has 142 valence electrons. The first-order chi connectivity index (χ1) is 13.7. The van der Waals surface area contributed by atoms with E-state index in [1.165, 1.54) is 11.8 Å². The van der Waals surface area contributed by atoms with Gasteiger partial charge in [0, 0.05) is 24.3 Å². The van der Waals surface area contributed by atoms with E-state index in [-0.39, 0.29) is 11.2 Å². The maximum Gasteiger partial charge on any atom is 0.233 e. The van der Waals surface area contributed by atoms with Crippen LogP contribution in [-0.2, 0) is 11.3 Å². The fourth-order valence-electron chi connectivity index (χ4n) is 2.96. The second-order valence-electron chi connectivity index (χ2n) is 6.40. The minimum absolute atomic E-state index is 0.0312. The highest BCUT2D eigenvalue weighted by Gasteiger charge is 2.22. The van der Waals surface area contributed by atoms with Gasteiger partial charge in [-0.05, 0) is 37.1 Å². The summed E-state index contributed by atoms with van der Waals surface area (Å²) in [7, 11) is 0. The molecule has 7 nitrogen and oxygen atoms in total. The van der Waals surface area contributed by atoms with Crippen molar-refractivity contribution in [3.63, 3.8) is 0 Å². The SMILES string of the molecule is CCC(Sc1nc2ccccc2c2nc(C)nn12)C(=O)NCc1cccnc1. The number of carbonyl (C=O) groups is 1. The average Bonchev–Trinajstić information content (AvgIpc) is 3.13. The number of nitrogens with zero attached hydrogens (tertiary/aromatic N) is 5. The molecule has 0 saturated carbocycles. The highest BCUT2D eigenvalue weighted by Crippen LogP contribution is 2.28. The van der Waals surface area contributed by atoms with E-state index in [1.807, 2.05) is 50.2 Å². The normalized spacial score (nSPS) is 12.4. The first-order valence-electron chi connectivity index (χ1n) is 9.11. The Morgan fingerprint density at radius 3 is 2.86 bits per heavy atom. The van der Waals surface area contributed by atoms with Gasteiger partial charge < -0.3 is 5.32 Å². The van der Waals surface area contributed by atoms with Crippen molar-refractivity contribution in [2.75, 3.05) is 0 Å². The number of hydrogen-bond acceptors (Lipinski definition) is 6. The molecule has 0 aliphatic carbocycles. The topological polar surface area (TPSA) is 85.1 Å². The molecule has 0 aliphatic heterocycles. The number of thioether (sulfide) groups is 1. The van der Waals surface area contributed by atoms with Gasteiger partial charge in [0.25, 0.3) is 0 Å². The molecular weight excluding hydrogens is 372 g/mol. The van der Waals surface area contributed by atoms with Gasteiger partial charge in [-0.2, -0.15) is 4.52 Å². The molecule has 0 bridgehead atoms. The number of nitrogens with one attached hydrogen (secondary N) is 1. The number of fused-ring (bicyclic) bond motifs is 3. The van der Waals surface area contributed by atoms with Gasteiger partial charge >= 0.3 is 0 Å². The Bertz CT molecular complexity index is 1130. The maximum absolute atomic E-state index is 12.7. The summed E-state index contributed by atoms with van der Waals surface area (Å²) in [4.78, 5) is 26.1. The lowest BCUT2D eigenvalue weighted by Crippen LogP contribution is -2.32. The predicted octanol–water partition coefficient (Wildman–Crippen LogP) is 3.17. The summed E-state index contributed by atoms with van der Waals surface area (Å²) < 4.78 is 1.74. The predicted molar refractivity (Wildman–Crippen MR) is 109 cm³/mol. The zero-order valence-electron chi connectivity index (χ0n) is 15.7. The number of aryl methyl sites for hydroxylation is 1. The van der Waals surface area contributed by atoms with Gasteiger partial charge in [-0.1, -0.05) is 36.9 Å². The molecule has 3 aromatic heterocycles. The zero-order chi connectivity index (χ0) is 19.5. The van der Waals surface area contributed by atoms with E-state index in [9.17, 15) is 4.79 Å². The number of benzene rings is 1. The average molecular weight is 392 g/mol. The number of aromatic nitrogens is 5. The third-order valence-corrected chi connectivity index (χ3v) is 5.66. The van der Waals surface area contributed by atoms with Crippen LogP contribution in [0.3, 0.4) is 0 Å². The van der Waals surface area contributed by atoms with Crippen LogP contribution in [0.15, 0.2) is 53.9 Å². The van der Waals surface area contributed by atoms with Crippen molar-refractivity contribution >= 4 is 34.2 Å². The van der Waals surface area contributed by atoms with Crippen molar-refractivity contribution in [1.82, 2.24) is 29.9 Å². The maximum atomic E-state index is 12.7. The molecular formula is C20H20N6OS. The van der Waals surface area contributed by atoms with Crippen LogP contribution in [0.25, 0.3) is 16.6 Å². The van der Waals surface area contributed by atoms with Gasteiger partial charge in [-0.25, -0.2) is 9.97 Å². The smallest absolute Gasteiger partial charge is 0.233 e. The second-order valence-corrected chi connectivity index (χ2v) is 7.57. The Kier molecular flexibility index (Phi) is 5.21. The highest BCUT2D eigenvalue weighted by atomic mass is 32.2. The first kappa shape index (κ1) is 18.4. The Labute approximate surface area is 166 Å². The summed E-state index contributed by atoms with van der Waals surface area (Å²) in [5, 5.41) is 8.80. The van der Waals surface area contributed by atoms with Crippen molar-refractivity contribution in [2.45, 2.75) is 37.2 Å². The van der Waals surface area contributed by atoms with Crippen molar-refractivity contribution in [3.8, 4) is 0 Å². The molecule has 1 atom stereocenters. The largest absolute Gasteiger partial charge is 0.351 e. The molecule has 0 fully saturated rings. The number of amides is 1. The summed E-state index contributed by atoms with van der Waals surface area (Å²) in [6.07, 6.45) is 4.14. The minimum Gasteiger partial charge on any atom is -0.351 e. The highest BCUT2D eigenvalue weighted by molar-refractivity contribution is 8.00. The molecule has 1 amide bonds. The molecule has 1 unspecified atom stereocenters. The van der Waals surface area contributed by atoms with Crippen LogP contribution >= 0.6 is 11.8 Å². The number of rotatable bonds is 6. The van der Waals surface area contributed by atoms with Crippen LogP contribution in [0.4, 0.5) is 0 Å². The van der Waals surface area contributed by atoms with Gasteiger partial charge in [0.2, 0.25) is 5.91 Å². The van der Waals surface area contributed by atoms with E-state index in [1.54, 1.807) is 16.9 Å². The van der Waals surface area contributed by atoms with Crippen LogP contribution in [-0.4, -0.2) is 35.7 Å². The van der Waals surface area contributed by atoms with Crippen LogP contribution in [0.1, 0.15) is 24.7 Å². The lowest BCUT2D eigenvalue weighted by molar-refractivity contribution is -0.120. The summed E-state index contributed by atoms with van der Waals surface area (Å²) in [6.45, 7) is 4.30. The molecule has 4 rings (SSSR count). The molecule has 1 aromatic carbocycles. The molecule has 0 spiro atoms. The van der Waals surface area contributed by atoms with Crippen molar-refractivity contribution in [2.24, 2.45) is 0 Å². The fraction of sp³-hybridized carbons (Fsp3) is 0.250. The van der Waals surface area contributed by atoms with Gasteiger partial charge in [0.05, 0.1) is 10.8 Å². The van der Waals surface area contributed by atoms with Crippen molar-refractivity contribution in [1.29, 1.82) is 0 Å². The fourth-order valence-corrected chi connectivity index (χ4v) is 3.95. The molecule has 1 N–H and O–H groups in total. The zero-order valence-corrected chi connectivity index (χ0v) is 16.5. The van der Waals surface area contributed by atoms with E-state index in [2.05, 4.69) is 20.4 Å². The lowest BCUT2D eigenvalue weighted by Gasteiger charge is -2.15. The molecule has 28 heavy (non-hydrogen) atoms. The lowest BCUT2D eigenvalue weighted by atomic mass is 10.2. The third kappa shape index (κ3) is 3.68. The van der Waals surface area contributed by atoms with Crippen LogP contribution < -0.4 is 5.32 Å². The second kappa shape index (κ2) is 7.93. The molecule has 0 radical (unpaired) electrons. The quantitative estimate of drug-likeness (QED) is 0.401. The summed E-state index contributed by atoms with van der Waals surface area (Å²) in [5.41, 5.74) is 2.57. The Morgan fingerprint density at radius 1 is 1.21 bits per heavy atom. The Balaban J connectivity index is 1.60. The summed E-state index contributed by atoms with van der Waals surface area (Å²) >= 11 is 1.41. The molecule has 4 aromatic rings. The van der Waals surface area contributed by atoms with E-state index in [4.69, 9.17) is 4.98 Å². The standard InChI is InChI=1S/C20H20N6OS/c1-3-17(19(27)22-12-14-7-6-10-21-11-14)28-20-24-16-9-5-4-8-15(16)18-23-13(2)25-26(18)20/h4-11,17H,3,12H2,1-2H3,(H,22,27). The van der Waals surface area contributed by atoms with E-state index < -0.39 is 0 Å². The first-order valence-corrected chi connectivity index (χ1v) is 9.99. The molecule has 0 aliphatic rings. The van der Waals surface area contributed by atoms with Crippen LogP contribution in [0.5, 0.6) is 0 Å². The van der Waals surface area contributed by atoms with Gasteiger partial charge in [-0.3, -0.25) is 9.78 Å². The minimum atomic E-state index is -0.280. The van der Waals surface area contributed by atoms with Gasteiger partial charge in [0.15, 0.2) is 10.8 Å². The number of hydrogen-bond donors (Lipinski definition) is 1. The number of para-hydroxylation sites is 1.